The van der Waals surface area contributed by atoms with E-state index in [1.54, 1.807) is 0 Å². The Hall–Kier alpha value is -1.07. The van der Waals surface area contributed by atoms with Crippen LogP contribution in [0.5, 0.6) is 0 Å². The fourth-order valence-electron chi connectivity index (χ4n) is 5.70. The van der Waals surface area contributed by atoms with Crippen LogP contribution in [0.1, 0.15) is 194 Å². The van der Waals surface area contributed by atoms with Gasteiger partial charge in [-0.3, -0.25) is 9.59 Å². The molecule has 8 nitrogen and oxygen atoms in total. The van der Waals surface area contributed by atoms with Gasteiger partial charge in [-0.05, 0) is 12.8 Å². The lowest BCUT2D eigenvalue weighted by atomic mass is 10.0. The van der Waals surface area contributed by atoms with Gasteiger partial charge in [0.15, 0.2) is 0 Å². The molecule has 0 saturated heterocycles. The topological polar surface area (TPSA) is 111 Å². The third-order valence-electron chi connectivity index (χ3n) is 8.85. The zero-order valence-electron chi connectivity index (χ0n) is 31.1. The van der Waals surface area contributed by atoms with E-state index in [-0.39, 0.29) is 35.6 Å². The van der Waals surface area contributed by atoms with E-state index in [1.165, 1.54) is 128 Å². The first kappa shape index (κ1) is 47.9. The molecule has 0 fully saturated rings. The molecule has 2 atom stereocenters. The third kappa shape index (κ3) is 31.4. The smallest absolute Gasteiger partial charge is 0.344 e. The van der Waals surface area contributed by atoms with Gasteiger partial charge in [-0.25, -0.2) is 9.59 Å². The molecule has 2 amide bonds. The molecule has 0 bridgehead atoms. The summed E-state index contributed by atoms with van der Waals surface area (Å²) in [5.74, 6) is -1.90. The fourth-order valence-corrected chi connectivity index (χ4v) is 6.58. The molecule has 0 aliphatic carbocycles. The van der Waals surface area contributed by atoms with E-state index in [0.717, 1.165) is 38.5 Å². The summed E-state index contributed by atoms with van der Waals surface area (Å²) in [7, 11) is 0. The van der Waals surface area contributed by atoms with Gasteiger partial charge in [0.1, 0.15) is 12.1 Å². The molecule has 0 unspecified atom stereocenters. The van der Waals surface area contributed by atoms with Crippen LogP contribution >= 0.6 is 37.6 Å². The average molecular weight is 749 g/mol. The number of rotatable bonds is 36. The Balaban J connectivity index is 3.94. The van der Waals surface area contributed by atoms with Gasteiger partial charge in [0, 0.05) is 24.3 Å². The molecule has 0 spiro atoms. The van der Waals surface area contributed by atoms with Crippen molar-refractivity contribution in [3.63, 3.8) is 0 Å². The van der Waals surface area contributed by atoms with Crippen LogP contribution in [0.25, 0.3) is 0 Å². The van der Waals surface area contributed by atoms with Crippen LogP contribution in [0.15, 0.2) is 0 Å². The summed E-state index contributed by atoms with van der Waals surface area (Å²) >= 11 is 8.53. The molecule has 0 saturated carbocycles. The highest BCUT2D eigenvalue weighted by molar-refractivity contribution is 7.90. The molecule has 0 radical (unpaired) electrons. The van der Waals surface area contributed by atoms with Crippen molar-refractivity contribution < 1.29 is 27.5 Å². The Labute approximate surface area is 315 Å². The maximum atomic E-state index is 12.4. The molecule has 0 aromatic carbocycles. The summed E-state index contributed by atoms with van der Waals surface area (Å²) in [5.41, 5.74) is 0. The van der Waals surface area contributed by atoms with Crippen LogP contribution in [-0.2, 0) is 27.5 Å². The predicted molar refractivity (Wildman–Crippen MR) is 212 cm³/mol. The van der Waals surface area contributed by atoms with Crippen molar-refractivity contribution in [1.82, 2.24) is 10.6 Å². The summed E-state index contributed by atoms with van der Waals surface area (Å²) in [6.07, 6.45) is 32.6. The molecule has 0 aromatic rings. The summed E-state index contributed by atoms with van der Waals surface area (Å²) < 4.78 is 9.95. The minimum absolute atomic E-state index is 0.0478. The lowest BCUT2D eigenvalue weighted by Gasteiger charge is -2.16. The van der Waals surface area contributed by atoms with Crippen LogP contribution in [-0.4, -0.2) is 47.3 Å². The lowest BCUT2D eigenvalue weighted by molar-refractivity contribution is -0.140. The van der Waals surface area contributed by atoms with Crippen LogP contribution in [0.4, 0.5) is 0 Å². The molecular weight excluding hydrogens is 677 g/mol. The molecule has 0 aromatic heterocycles. The zero-order chi connectivity index (χ0) is 36.2. The minimum Gasteiger partial charge on any atom is -0.353 e. The monoisotopic (exact) mass is 748 g/mol. The van der Waals surface area contributed by atoms with Crippen LogP contribution in [0.2, 0.25) is 0 Å². The summed E-state index contributed by atoms with van der Waals surface area (Å²) in [4.78, 5) is 49.5. The number of nitrogens with one attached hydrogen (secondary N) is 2. The average Bonchev–Trinajstić information content (AvgIpc) is 3.09. The van der Waals surface area contributed by atoms with Crippen molar-refractivity contribution in [2.45, 2.75) is 206 Å². The minimum atomic E-state index is -0.954. The van der Waals surface area contributed by atoms with Gasteiger partial charge in [-0.2, -0.15) is 25.3 Å². The van der Waals surface area contributed by atoms with E-state index in [0.29, 0.717) is 12.8 Å². The largest absolute Gasteiger partial charge is 0.353 e. The molecule has 288 valence electrons. The van der Waals surface area contributed by atoms with E-state index in [1.807, 2.05) is 0 Å². The quantitative estimate of drug-likeness (QED) is 0.0287. The highest BCUT2D eigenvalue weighted by Crippen LogP contribution is 2.15. The highest BCUT2D eigenvalue weighted by Gasteiger charge is 2.25. The number of hydrogen-bond donors (Lipinski definition) is 4. The maximum Gasteiger partial charge on any atom is 0.344 e. The number of carbonyl (C=O) groups is 4. The third-order valence-corrected chi connectivity index (χ3v) is 10.0. The first-order valence-corrected chi connectivity index (χ1v) is 21.7. The first-order chi connectivity index (χ1) is 23.9. The van der Waals surface area contributed by atoms with Gasteiger partial charge in [0.05, 0.1) is 0 Å². The van der Waals surface area contributed by atoms with Crippen LogP contribution in [0, 0.1) is 0 Å². The maximum absolute atomic E-state index is 12.4. The molecule has 0 aliphatic rings. The van der Waals surface area contributed by atoms with Gasteiger partial charge in [0.25, 0.3) is 12.3 Å². The van der Waals surface area contributed by atoms with Gasteiger partial charge in [-0.15, -0.1) is 0 Å². The Morgan fingerprint density at radius 2 is 0.694 bits per heavy atom. The summed E-state index contributed by atoms with van der Waals surface area (Å²) in [5, 5.41) is 5.29. The first-order valence-electron chi connectivity index (χ1n) is 19.8. The van der Waals surface area contributed by atoms with E-state index in [2.05, 4.69) is 49.7 Å². The van der Waals surface area contributed by atoms with Crippen molar-refractivity contribution in [3.05, 3.63) is 0 Å². The lowest BCUT2D eigenvalue weighted by Crippen LogP contribution is -2.43. The molecule has 0 aliphatic heterocycles. The van der Waals surface area contributed by atoms with E-state index < -0.39 is 24.0 Å². The SMILES string of the molecule is CCCCCCCCCCCCCCCC(=O)N[C@@H](CS)C(=O)OSOC(=O)[C@H](CS)NC(=O)CCCCCCCCCCCCCCC. The van der Waals surface area contributed by atoms with Crippen molar-refractivity contribution >= 4 is 61.3 Å². The van der Waals surface area contributed by atoms with Crippen molar-refractivity contribution in [2.75, 3.05) is 11.5 Å². The molecular formula is C38H72N2O6S3. The van der Waals surface area contributed by atoms with E-state index in [9.17, 15) is 19.2 Å². The summed E-state index contributed by atoms with van der Waals surface area (Å²) in [6, 6.07) is -1.91. The standard InChI is InChI=1S/C38H72N2O6S3/c1-3-5-7-9-11-13-15-17-19-21-23-25-27-29-35(41)39-33(31-47)37(43)45-49-46-38(44)34(32-48)40-36(42)30-28-26-24-22-20-18-16-14-12-10-8-6-4-2/h33-34,47-48H,3-32H2,1-2H3,(H,39,41)(H,40,42)/t33-,34-/m0/s1. The number of thiol groups is 2. The molecule has 2 N–H and O–H groups in total. The fraction of sp³-hybridized carbons (Fsp3) is 0.895. The normalized spacial score (nSPS) is 12.3. The Morgan fingerprint density at radius 3 is 0.939 bits per heavy atom. The Bertz CT molecular complexity index is 756. The Morgan fingerprint density at radius 1 is 0.449 bits per heavy atom. The van der Waals surface area contributed by atoms with Crippen LogP contribution < -0.4 is 10.6 Å². The highest BCUT2D eigenvalue weighted by atomic mass is 32.2. The number of hydrogen-bond acceptors (Lipinski definition) is 9. The van der Waals surface area contributed by atoms with E-state index in [4.69, 9.17) is 8.37 Å². The van der Waals surface area contributed by atoms with Crippen molar-refractivity contribution in [3.8, 4) is 0 Å². The van der Waals surface area contributed by atoms with Gasteiger partial charge in [-0.1, -0.05) is 168 Å². The predicted octanol–water partition coefficient (Wildman–Crippen LogP) is 10.4. The zero-order valence-corrected chi connectivity index (χ0v) is 33.7. The van der Waals surface area contributed by atoms with Gasteiger partial charge >= 0.3 is 11.9 Å². The van der Waals surface area contributed by atoms with Crippen LogP contribution in [0.3, 0.4) is 0 Å². The molecule has 0 rings (SSSR count). The Kier molecular flexibility index (Phi) is 35.9. The van der Waals surface area contributed by atoms with Gasteiger partial charge in [0.2, 0.25) is 11.8 Å². The second-order valence-corrected chi connectivity index (χ2v) is 14.7. The second-order valence-electron chi connectivity index (χ2n) is 13.5. The number of unbranched alkanes of at least 4 members (excludes halogenated alkanes) is 24. The second kappa shape index (κ2) is 36.7. The van der Waals surface area contributed by atoms with Crippen molar-refractivity contribution in [2.24, 2.45) is 0 Å². The van der Waals surface area contributed by atoms with Gasteiger partial charge < -0.3 is 19.0 Å². The van der Waals surface area contributed by atoms with E-state index >= 15 is 0 Å². The molecule has 49 heavy (non-hydrogen) atoms. The number of amides is 2. The number of carbonyl (C=O) groups excluding carboxylic acids is 4. The van der Waals surface area contributed by atoms with Crippen molar-refractivity contribution in [1.29, 1.82) is 0 Å². The molecule has 11 heteroatoms. The summed E-state index contributed by atoms with van der Waals surface area (Å²) in [6.45, 7) is 4.49. The molecule has 0 heterocycles.